The van der Waals surface area contributed by atoms with Crippen molar-refractivity contribution < 1.29 is 19.2 Å². The van der Waals surface area contributed by atoms with Gasteiger partial charge in [0.05, 0.1) is 13.2 Å². The first-order chi connectivity index (χ1) is 11.0. The van der Waals surface area contributed by atoms with Crippen LogP contribution < -0.4 is 10.1 Å². The molecule has 0 aliphatic rings. The van der Waals surface area contributed by atoms with Crippen LogP contribution in [0.3, 0.4) is 0 Å². The van der Waals surface area contributed by atoms with Crippen LogP contribution in [-0.2, 0) is 4.79 Å². The number of aliphatic hydroxyl groups is 1. The molecule has 23 heavy (non-hydrogen) atoms. The van der Waals surface area contributed by atoms with E-state index in [-0.39, 0.29) is 5.82 Å². The highest BCUT2D eigenvalue weighted by atomic mass is 16.5. The monoisotopic (exact) mass is 318 g/mol. The number of carbonyl (C=O) groups excluding carboxylic acids is 1. The molecule has 0 saturated carbocycles. The molecule has 2 unspecified atom stereocenters. The number of aryl methyl sites for hydroxylation is 1. The fourth-order valence-electron chi connectivity index (χ4n) is 1.78. The third kappa shape index (κ3) is 4.62. The minimum Gasteiger partial charge on any atom is -0.497 e. The standard InChI is InChI=1S/C15H18N4O4/c1-9-8-13(19-23-9)17-18-14(10(2)20)15(21)16-11-4-6-12(22-3)7-5-11/h4-8,10,14,20H,1-3H3,(H,16,21). The third-order valence-corrected chi connectivity index (χ3v) is 2.98. The van der Waals surface area contributed by atoms with Crippen molar-refractivity contribution in [2.24, 2.45) is 10.2 Å². The highest BCUT2D eigenvalue weighted by molar-refractivity contribution is 5.95. The number of benzene rings is 1. The first-order valence-corrected chi connectivity index (χ1v) is 6.96. The minimum absolute atomic E-state index is 0.241. The maximum absolute atomic E-state index is 12.2. The topological polar surface area (TPSA) is 109 Å². The lowest BCUT2D eigenvalue weighted by Crippen LogP contribution is -2.34. The predicted molar refractivity (Wildman–Crippen MR) is 82.8 cm³/mol. The van der Waals surface area contributed by atoms with Crippen LogP contribution in [0, 0.1) is 6.92 Å². The van der Waals surface area contributed by atoms with E-state index in [4.69, 9.17) is 9.26 Å². The molecule has 8 nitrogen and oxygen atoms in total. The van der Waals surface area contributed by atoms with Gasteiger partial charge in [0, 0.05) is 11.8 Å². The molecule has 2 atom stereocenters. The maximum Gasteiger partial charge on any atom is 0.253 e. The number of methoxy groups -OCH3 is 1. The number of rotatable bonds is 6. The molecule has 0 bridgehead atoms. The van der Waals surface area contributed by atoms with Crippen LogP contribution in [0.1, 0.15) is 12.7 Å². The molecule has 2 rings (SSSR count). The predicted octanol–water partition coefficient (Wildman–Crippen LogP) is 2.46. The third-order valence-electron chi connectivity index (χ3n) is 2.98. The molecule has 2 aromatic rings. The molecule has 0 radical (unpaired) electrons. The minimum atomic E-state index is -1.06. The smallest absolute Gasteiger partial charge is 0.253 e. The number of aliphatic hydroxyl groups excluding tert-OH is 1. The summed E-state index contributed by atoms with van der Waals surface area (Å²) < 4.78 is 9.90. The van der Waals surface area contributed by atoms with Crippen LogP contribution in [0.5, 0.6) is 5.75 Å². The Labute approximate surface area is 133 Å². The van der Waals surface area contributed by atoms with Gasteiger partial charge in [-0.25, -0.2) is 0 Å². The Bertz CT molecular complexity index is 679. The van der Waals surface area contributed by atoms with Crippen LogP contribution in [0.2, 0.25) is 0 Å². The molecule has 1 aromatic heterocycles. The second-order valence-corrected chi connectivity index (χ2v) is 4.91. The Morgan fingerprint density at radius 2 is 2.09 bits per heavy atom. The van der Waals surface area contributed by atoms with Crippen molar-refractivity contribution in [3.63, 3.8) is 0 Å². The summed E-state index contributed by atoms with van der Waals surface area (Å²) in [7, 11) is 1.56. The zero-order valence-electron chi connectivity index (χ0n) is 13.1. The van der Waals surface area contributed by atoms with Crippen LogP contribution in [0.4, 0.5) is 11.5 Å². The molecule has 0 fully saturated rings. The Morgan fingerprint density at radius 1 is 1.39 bits per heavy atom. The van der Waals surface area contributed by atoms with Crippen molar-refractivity contribution in [2.75, 3.05) is 12.4 Å². The number of hydrogen-bond acceptors (Lipinski definition) is 7. The normalized spacial score (nSPS) is 13.7. The van der Waals surface area contributed by atoms with Crippen molar-refractivity contribution in [1.29, 1.82) is 0 Å². The van der Waals surface area contributed by atoms with Gasteiger partial charge in [0.15, 0.2) is 6.04 Å². The number of hydrogen-bond donors (Lipinski definition) is 2. The zero-order valence-corrected chi connectivity index (χ0v) is 13.1. The van der Waals surface area contributed by atoms with Crippen molar-refractivity contribution in [1.82, 2.24) is 5.16 Å². The average Bonchev–Trinajstić information content (AvgIpc) is 2.93. The van der Waals surface area contributed by atoms with Crippen LogP contribution >= 0.6 is 0 Å². The van der Waals surface area contributed by atoms with E-state index in [1.54, 1.807) is 44.4 Å². The van der Waals surface area contributed by atoms with Crippen LogP contribution in [-0.4, -0.2) is 35.4 Å². The van der Waals surface area contributed by atoms with Crippen molar-refractivity contribution in [3.05, 3.63) is 36.1 Å². The Hall–Kier alpha value is -2.74. The van der Waals surface area contributed by atoms with Gasteiger partial charge in [-0.15, -0.1) is 5.11 Å². The summed E-state index contributed by atoms with van der Waals surface area (Å²) in [5.74, 6) is 1.02. The number of nitrogens with one attached hydrogen (secondary N) is 1. The molecule has 1 aromatic carbocycles. The van der Waals surface area contributed by atoms with E-state index in [9.17, 15) is 9.90 Å². The molecule has 0 aliphatic heterocycles. The van der Waals surface area contributed by atoms with Gasteiger partial charge in [0.2, 0.25) is 5.82 Å². The molecule has 1 heterocycles. The summed E-state index contributed by atoms with van der Waals surface area (Å²) in [5.41, 5.74) is 0.564. The molecule has 122 valence electrons. The summed E-state index contributed by atoms with van der Waals surface area (Å²) in [6, 6.07) is 7.32. The van der Waals surface area contributed by atoms with Gasteiger partial charge in [0.25, 0.3) is 5.91 Å². The number of amides is 1. The summed E-state index contributed by atoms with van der Waals surface area (Å²) in [5, 5.41) is 23.7. The van der Waals surface area contributed by atoms with Crippen LogP contribution in [0.25, 0.3) is 0 Å². The number of azo groups is 1. The lowest BCUT2D eigenvalue weighted by Gasteiger charge is -2.14. The molecule has 2 N–H and O–H groups in total. The Balaban J connectivity index is 2.06. The molecular formula is C15H18N4O4. The molecule has 8 heteroatoms. The fourth-order valence-corrected chi connectivity index (χ4v) is 1.78. The van der Waals surface area contributed by atoms with Crippen LogP contribution in [0.15, 0.2) is 45.1 Å². The zero-order chi connectivity index (χ0) is 16.8. The average molecular weight is 318 g/mol. The largest absolute Gasteiger partial charge is 0.497 e. The van der Waals surface area contributed by atoms with E-state index >= 15 is 0 Å². The molecule has 0 saturated heterocycles. The van der Waals surface area contributed by atoms with E-state index in [2.05, 4.69) is 20.7 Å². The van der Waals surface area contributed by atoms with E-state index in [0.29, 0.717) is 17.2 Å². The number of ether oxygens (including phenoxy) is 1. The lowest BCUT2D eigenvalue weighted by molar-refractivity contribution is -0.119. The summed E-state index contributed by atoms with van der Waals surface area (Å²) in [6.07, 6.45) is -1.01. The number of nitrogens with zero attached hydrogens (tertiary/aromatic N) is 3. The number of aromatic nitrogens is 1. The lowest BCUT2D eigenvalue weighted by atomic mass is 10.2. The van der Waals surface area contributed by atoms with E-state index in [1.807, 2.05) is 0 Å². The van der Waals surface area contributed by atoms with Crippen molar-refractivity contribution in [3.8, 4) is 5.75 Å². The van der Waals surface area contributed by atoms with Gasteiger partial charge in [-0.05, 0) is 38.1 Å². The summed E-state index contributed by atoms with van der Waals surface area (Å²) in [4.78, 5) is 12.2. The first-order valence-electron chi connectivity index (χ1n) is 6.96. The van der Waals surface area contributed by atoms with Crippen molar-refractivity contribution >= 4 is 17.4 Å². The Kier molecular flexibility index (Phi) is 5.42. The molecule has 0 aliphatic carbocycles. The van der Waals surface area contributed by atoms with Gasteiger partial charge in [-0.2, -0.15) is 5.11 Å². The summed E-state index contributed by atoms with van der Waals surface area (Å²) >= 11 is 0. The molecule has 0 spiro atoms. The fraction of sp³-hybridized carbons (Fsp3) is 0.333. The van der Waals surface area contributed by atoms with E-state index in [0.717, 1.165) is 0 Å². The van der Waals surface area contributed by atoms with Gasteiger partial charge >= 0.3 is 0 Å². The molecule has 1 amide bonds. The number of carbonyl (C=O) groups is 1. The van der Waals surface area contributed by atoms with Gasteiger partial charge in [0.1, 0.15) is 11.5 Å². The second-order valence-electron chi connectivity index (χ2n) is 4.91. The Morgan fingerprint density at radius 3 is 2.61 bits per heavy atom. The summed E-state index contributed by atoms with van der Waals surface area (Å²) in [6.45, 7) is 3.18. The van der Waals surface area contributed by atoms with Gasteiger partial charge < -0.3 is 19.7 Å². The van der Waals surface area contributed by atoms with E-state index in [1.165, 1.54) is 6.92 Å². The highest BCUT2D eigenvalue weighted by Crippen LogP contribution is 2.17. The van der Waals surface area contributed by atoms with Crippen molar-refractivity contribution in [2.45, 2.75) is 26.0 Å². The van der Waals surface area contributed by atoms with Gasteiger partial charge in [-0.3, -0.25) is 4.79 Å². The number of anilines is 1. The molecular weight excluding hydrogens is 300 g/mol. The maximum atomic E-state index is 12.2. The quantitative estimate of drug-likeness (QED) is 0.795. The van der Waals surface area contributed by atoms with Gasteiger partial charge in [-0.1, -0.05) is 5.16 Å². The SMILES string of the molecule is COc1ccc(NC(=O)C(N=Nc2cc(C)on2)C(C)O)cc1. The highest BCUT2D eigenvalue weighted by Gasteiger charge is 2.23. The first kappa shape index (κ1) is 16.6. The van der Waals surface area contributed by atoms with E-state index < -0.39 is 18.1 Å². The second kappa shape index (κ2) is 7.50.